The fourth-order valence-electron chi connectivity index (χ4n) is 5.83. The van der Waals surface area contributed by atoms with Gasteiger partial charge in [0.25, 0.3) is 6.01 Å². The Bertz CT molecular complexity index is 1750. The van der Waals surface area contributed by atoms with E-state index in [-0.39, 0.29) is 12.2 Å². The summed E-state index contributed by atoms with van der Waals surface area (Å²) < 4.78 is 21.1. The van der Waals surface area contributed by atoms with Gasteiger partial charge in [-0.15, -0.1) is 0 Å². The smallest absolute Gasteiger partial charge is 0.294 e. The maximum Gasteiger partial charge on any atom is 0.294 e. The van der Waals surface area contributed by atoms with Crippen LogP contribution in [0.3, 0.4) is 0 Å². The van der Waals surface area contributed by atoms with Gasteiger partial charge >= 0.3 is 0 Å². The van der Waals surface area contributed by atoms with Crippen molar-refractivity contribution >= 4 is 27.8 Å². The van der Waals surface area contributed by atoms with Gasteiger partial charge in [-0.2, -0.15) is 10.1 Å². The molecule has 0 radical (unpaired) electrons. The predicted molar refractivity (Wildman–Crippen MR) is 153 cm³/mol. The Morgan fingerprint density at radius 2 is 1.90 bits per heavy atom. The molecule has 12 heteroatoms. The van der Waals surface area contributed by atoms with Crippen LogP contribution in [-0.2, 0) is 16.5 Å². The number of aryl methyl sites for hydroxylation is 2. The summed E-state index contributed by atoms with van der Waals surface area (Å²) in [5, 5.41) is 16.6. The van der Waals surface area contributed by atoms with Crippen LogP contribution in [0, 0.1) is 6.92 Å². The van der Waals surface area contributed by atoms with E-state index in [0.29, 0.717) is 61.4 Å². The number of hydrogen-bond acceptors (Lipinski definition) is 10. The molecule has 0 bridgehead atoms. The van der Waals surface area contributed by atoms with E-state index in [1.807, 2.05) is 29.8 Å². The van der Waals surface area contributed by atoms with Crippen LogP contribution in [0.2, 0.25) is 0 Å². The van der Waals surface area contributed by atoms with Crippen LogP contribution < -0.4 is 9.64 Å². The van der Waals surface area contributed by atoms with Crippen LogP contribution in [0.1, 0.15) is 31.2 Å². The maximum absolute atomic E-state index is 10.5. The molecule has 41 heavy (non-hydrogen) atoms. The van der Waals surface area contributed by atoms with E-state index in [1.54, 1.807) is 31.1 Å². The second-order valence-electron chi connectivity index (χ2n) is 10.4. The summed E-state index contributed by atoms with van der Waals surface area (Å²) in [4.78, 5) is 21.0. The molecule has 0 aliphatic carbocycles. The monoisotopic (exact) mass is 556 g/mol. The third-order valence-electron chi connectivity index (χ3n) is 7.94. The molecule has 0 aromatic carbocycles. The van der Waals surface area contributed by atoms with Crippen molar-refractivity contribution in [2.75, 3.05) is 44.9 Å². The molecule has 5 aromatic heterocycles. The summed E-state index contributed by atoms with van der Waals surface area (Å²) >= 11 is 0. The van der Waals surface area contributed by atoms with E-state index >= 15 is 0 Å². The Morgan fingerprint density at radius 3 is 2.68 bits per heavy atom. The summed E-state index contributed by atoms with van der Waals surface area (Å²) in [5.41, 5.74) is 6.06. The van der Waals surface area contributed by atoms with Gasteiger partial charge in [0.05, 0.1) is 54.0 Å². The Morgan fingerprint density at radius 1 is 1.05 bits per heavy atom. The number of pyridine rings is 3. The van der Waals surface area contributed by atoms with Crippen molar-refractivity contribution in [3.05, 3.63) is 36.3 Å². The molecule has 0 amide bonds. The van der Waals surface area contributed by atoms with E-state index in [2.05, 4.69) is 14.9 Å². The second-order valence-corrected chi connectivity index (χ2v) is 10.4. The van der Waals surface area contributed by atoms with Crippen molar-refractivity contribution < 1.29 is 19.3 Å². The van der Waals surface area contributed by atoms with Gasteiger partial charge in [-0.1, -0.05) is 0 Å². The van der Waals surface area contributed by atoms with Crippen LogP contribution in [0.5, 0.6) is 11.8 Å². The molecule has 1 unspecified atom stereocenters. The molecule has 2 saturated heterocycles. The summed E-state index contributed by atoms with van der Waals surface area (Å²) in [6.07, 6.45) is 6.25. The minimum atomic E-state index is -0.192. The van der Waals surface area contributed by atoms with Gasteiger partial charge < -0.3 is 24.2 Å². The zero-order chi connectivity index (χ0) is 28.1. The number of ether oxygens (including phenoxy) is 3. The average molecular weight is 557 g/mol. The minimum Gasteiger partial charge on any atom is -0.496 e. The number of aromatic hydroxyl groups is 1. The molecule has 212 valence electrons. The molecule has 1 atom stereocenters. The largest absolute Gasteiger partial charge is 0.496 e. The van der Waals surface area contributed by atoms with Crippen LogP contribution in [0.15, 0.2) is 30.6 Å². The number of methoxy groups -OCH3 is 1. The highest BCUT2D eigenvalue weighted by Crippen LogP contribution is 2.39. The highest BCUT2D eigenvalue weighted by Gasteiger charge is 2.27. The van der Waals surface area contributed by atoms with Gasteiger partial charge in [-0.3, -0.25) is 14.5 Å². The van der Waals surface area contributed by atoms with Gasteiger partial charge in [0.15, 0.2) is 12.0 Å². The van der Waals surface area contributed by atoms with Crippen LogP contribution in [0.25, 0.3) is 44.6 Å². The number of imidazole rings is 1. The molecule has 2 aliphatic rings. The van der Waals surface area contributed by atoms with Gasteiger partial charge in [0.2, 0.25) is 0 Å². The predicted octanol–water partition coefficient (Wildman–Crippen LogP) is 4.00. The highest BCUT2D eigenvalue weighted by atomic mass is 16.5. The number of hydrogen-bond donors (Lipinski definition) is 1. The molecule has 7 heterocycles. The quantitative estimate of drug-likeness (QED) is 0.339. The Kier molecular flexibility index (Phi) is 6.43. The van der Waals surface area contributed by atoms with Crippen molar-refractivity contribution in [1.82, 2.24) is 34.3 Å². The first-order chi connectivity index (χ1) is 20.0. The van der Waals surface area contributed by atoms with Gasteiger partial charge in [0.1, 0.15) is 17.0 Å². The van der Waals surface area contributed by atoms with Gasteiger partial charge in [-0.05, 0) is 44.4 Å². The maximum atomic E-state index is 10.5. The molecule has 7 rings (SSSR count). The zero-order valence-corrected chi connectivity index (χ0v) is 23.4. The lowest BCUT2D eigenvalue weighted by molar-refractivity contribution is -0.0366. The molecule has 0 saturated carbocycles. The SMILES string of the molecule is COc1ccncc1-c1cc2c(-c3cc4c(nc(O)n4C)c(N4CCOCC4)n3)nn(C3CCCCO3)c2c(C)n1. The summed E-state index contributed by atoms with van der Waals surface area (Å²) in [6.45, 7) is 5.25. The van der Waals surface area contributed by atoms with Crippen molar-refractivity contribution in [2.24, 2.45) is 7.05 Å². The number of fused-ring (bicyclic) bond motifs is 2. The Hall–Kier alpha value is -4.29. The summed E-state index contributed by atoms with van der Waals surface area (Å²) in [6, 6.07) is 5.74. The van der Waals surface area contributed by atoms with E-state index in [4.69, 9.17) is 29.3 Å². The van der Waals surface area contributed by atoms with Gasteiger partial charge in [-0.25, -0.2) is 9.67 Å². The average Bonchev–Trinajstić information content (AvgIpc) is 3.55. The third kappa shape index (κ3) is 4.34. The Labute approximate surface area is 236 Å². The summed E-state index contributed by atoms with van der Waals surface area (Å²) in [7, 11) is 3.44. The highest BCUT2D eigenvalue weighted by molar-refractivity contribution is 5.99. The summed E-state index contributed by atoms with van der Waals surface area (Å²) in [5.74, 6) is 1.39. The van der Waals surface area contributed by atoms with Crippen LogP contribution in [0.4, 0.5) is 5.82 Å². The van der Waals surface area contributed by atoms with Crippen molar-refractivity contribution in [2.45, 2.75) is 32.4 Å². The lowest BCUT2D eigenvalue weighted by Crippen LogP contribution is -2.37. The normalized spacial score (nSPS) is 17.9. The lowest BCUT2D eigenvalue weighted by atomic mass is 10.1. The van der Waals surface area contributed by atoms with E-state index in [0.717, 1.165) is 52.6 Å². The molecule has 2 aliphatic heterocycles. The molecule has 1 N–H and O–H groups in total. The number of nitrogens with zero attached hydrogens (tertiary/aromatic N) is 8. The molecule has 0 spiro atoms. The number of aromatic nitrogens is 7. The first-order valence-corrected chi connectivity index (χ1v) is 13.9. The van der Waals surface area contributed by atoms with E-state index in [9.17, 15) is 5.11 Å². The number of morpholine rings is 1. The van der Waals surface area contributed by atoms with Gasteiger partial charge in [0, 0.05) is 44.5 Å². The van der Waals surface area contributed by atoms with Crippen molar-refractivity contribution in [1.29, 1.82) is 0 Å². The Balaban J connectivity index is 1.49. The fraction of sp³-hybridized carbons (Fsp3) is 0.414. The van der Waals surface area contributed by atoms with Crippen LogP contribution >= 0.6 is 0 Å². The third-order valence-corrected chi connectivity index (χ3v) is 7.94. The first-order valence-electron chi connectivity index (χ1n) is 13.9. The second kappa shape index (κ2) is 10.3. The van der Waals surface area contributed by atoms with Crippen LogP contribution in [-0.4, -0.2) is 79.4 Å². The molecular formula is C29H32N8O4. The zero-order valence-electron chi connectivity index (χ0n) is 23.4. The molecular weight excluding hydrogens is 524 g/mol. The van der Waals surface area contributed by atoms with Crippen molar-refractivity contribution in [3.8, 4) is 34.4 Å². The topological polar surface area (TPSA) is 125 Å². The van der Waals surface area contributed by atoms with E-state index < -0.39 is 0 Å². The van der Waals surface area contributed by atoms with Crippen molar-refractivity contribution in [3.63, 3.8) is 0 Å². The fourth-order valence-corrected chi connectivity index (χ4v) is 5.83. The van der Waals surface area contributed by atoms with E-state index in [1.165, 1.54) is 0 Å². The minimum absolute atomic E-state index is 0.0644. The standard InChI is InChI=1S/C29H32N8O4/c1-17-27-18(14-20(31-17)19-16-30-8-7-23(19)39-3)25(34-37(27)24-6-4-5-11-41-24)21-15-22-26(33-29(38)35(22)2)28(32-21)36-9-12-40-13-10-36/h7-8,14-16,24H,4-6,9-13H2,1-3H3,(H,33,38). The number of anilines is 1. The number of rotatable bonds is 5. The lowest BCUT2D eigenvalue weighted by Gasteiger charge is -2.28. The molecule has 5 aromatic rings. The molecule has 2 fully saturated rings. The first kappa shape index (κ1) is 25.7. The molecule has 12 nitrogen and oxygen atoms in total.